The molecule has 8 nitrogen and oxygen atoms in total. The molecule has 3 amide bonds. The van der Waals surface area contributed by atoms with E-state index in [2.05, 4.69) is 20.9 Å². The highest BCUT2D eigenvalue weighted by Gasteiger charge is 2.08. The van der Waals surface area contributed by atoms with Gasteiger partial charge in [0.2, 0.25) is 0 Å². The second-order valence-electron chi connectivity index (χ2n) is 4.90. The Balaban J connectivity index is 1.92. The van der Waals surface area contributed by atoms with Gasteiger partial charge in [-0.3, -0.25) is 0 Å². The van der Waals surface area contributed by atoms with Crippen molar-refractivity contribution in [3.05, 3.63) is 30.0 Å². The lowest BCUT2D eigenvalue weighted by Gasteiger charge is -2.07. The van der Waals surface area contributed by atoms with Gasteiger partial charge in [0.05, 0.1) is 19.7 Å². The first-order chi connectivity index (χ1) is 11.0. The Hall–Kier alpha value is -2.90. The van der Waals surface area contributed by atoms with Crippen LogP contribution in [0.5, 0.6) is 5.75 Å². The number of rotatable bonds is 4. The summed E-state index contributed by atoms with van der Waals surface area (Å²) in [5.41, 5.74) is 6.45. The van der Waals surface area contributed by atoms with Gasteiger partial charge < -0.3 is 19.4 Å². The number of benzene rings is 1. The molecule has 1 heterocycles. The van der Waals surface area contributed by atoms with Crippen molar-refractivity contribution in [3.63, 3.8) is 0 Å². The summed E-state index contributed by atoms with van der Waals surface area (Å²) < 4.78 is 11.6. The van der Waals surface area contributed by atoms with Crippen LogP contribution >= 0.6 is 0 Å². The molecule has 0 aliphatic heterocycles. The van der Waals surface area contributed by atoms with Crippen LogP contribution in [0.1, 0.15) is 5.56 Å². The monoisotopic (exact) mass is 320 g/mol. The predicted molar refractivity (Wildman–Crippen MR) is 85.3 cm³/mol. The van der Waals surface area contributed by atoms with Crippen LogP contribution in [0.15, 0.2) is 24.4 Å². The van der Waals surface area contributed by atoms with Crippen molar-refractivity contribution in [2.45, 2.75) is 6.42 Å². The number of aryl methyl sites for hydroxylation is 1. The zero-order valence-corrected chi connectivity index (χ0v) is 13.3. The minimum atomic E-state index is -0.733. The van der Waals surface area contributed by atoms with Crippen molar-refractivity contribution in [1.29, 1.82) is 0 Å². The van der Waals surface area contributed by atoms with Crippen LogP contribution in [0.4, 0.5) is 9.59 Å². The summed E-state index contributed by atoms with van der Waals surface area (Å²) in [6.07, 6.45) is 1.95. The fourth-order valence-electron chi connectivity index (χ4n) is 2.29. The number of hydrogen-bond acceptors (Lipinski definition) is 4. The lowest BCUT2D eigenvalue weighted by molar-refractivity contribution is 0.165. The molecule has 0 aliphatic carbocycles. The molecule has 0 bridgehead atoms. The van der Waals surface area contributed by atoms with Crippen LogP contribution in [0.2, 0.25) is 0 Å². The van der Waals surface area contributed by atoms with Crippen LogP contribution in [0.25, 0.3) is 10.9 Å². The summed E-state index contributed by atoms with van der Waals surface area (Å²) in [4.78, 5) is 22.3. The lowest BCUT2D eigenvalue weighted by Crippen LogP contribution is -2.47. The highest BCUT2D eigenvalue weighted by molar-refractivity contribution is 5.85. The minimum absolute atomic E-state index is 0.430. The number of carbonyl (C=O) groups excluding carboxylic acids is 2. The topological polar surface area (TPSA) is 93.6 Å². The molecule has 2 aromatic rings. The van der Waals surface area contributed by atoms with Crippen LogP contribution in [0.3, 0.4) is 0 Å². The third-order valence-electron chi connectivity index (χ3n) is 3.42. The number of carbonyl (C=O) groups is 2. The summed E-state index contributed by atoms with van der Waals surface area (Å²) in [5, 5.41) is 3.77. The summed E-state index contributed by atoms with van der Waals surface area (Å²) in [5.74, 6) is 0.802. The van der Waals surface area contributed by atoms with E-state index < -0.39 is 12.1 Å². The Labute approximate surface area is 133 Å². The van der Waals surface area contributed by atoms with Gasteiger partial charge in [-0.25, -0.2) is 20.4 Å². The van der Waals surface area contributed by atoms with Gasteiger partial charge in [-0.05, 0) is 24.1 Å². The number of nitrogens with zero attached hydrogens (tertiary/aromatic N) is 1. The number of hydrogen-bond donors (Lipinski definition) is 3. The molecule has 2 rings (SSSR count). The van der Waals surface area contributed by atoms with E-state index in [4.69, 9.17) is 4.74 Å². The Morgan fingerprint density at radius 3 is 2.70 bits per heavy atom. The maximum absolute atomic E-state index is 11.5. The number of methoxy groups -OCH3 is 2. The first kappa shape index (κ1) is 16.5. The summed E-state index contributed by atoms with van der Waals surface area (Å²) in [6.45, 7) is 0.430. The van der Waals surface area contributed by atoms with Crippen molar-refractivity contribution < 1.29 is 19.1 Å². The first-order valence-corrected chi connectivity index (χ1v) is 7.05. The van der Waals surface area contributed by atoms with Crippen molar-refractivity contribution in [2.24, 2.45) is 7.05 Å². The molecule has 1 aromatic heterocycles. The smallest absolute Gasteiger partial charge is 0.425 e. The summed E-state index contributed by atoms with van der Waals surface area (Å²) >= 11 is 0. The molecule has 124 valence electrons. The maximum atomic E-state index is 11.5. The van der Waals surface area contributed by atoms with E-state index in [0.29, 0.717) is 13.0 Å². The Morgan fingerprint density at radius 2 is 2.00 bits per heavy atom. The second-order valence-corrected chi connectivity index (χ2v) is 4.90. The van der Waals surface area contributed by atoms with Crippen LogP contribution in [-0.2, 0) is 18.2 Å². The molecular weight excluding hydrogens is 300 g/mol. The average molecular weight is 320 g/mol. The number of nitrogens with one attached hydrogen (secondary N) is 3. The Morgan fingerprint density at radius 1 is 1.22 bits per heavy atom. The number of urea groups is 1. The number of hydrazine groups is 1. The van der Waals surface area contributed by atoms with Crippen molar-refractivity contribution in [3.8, 4) is 5.75 Å². The molecule has 0 spiro atoms. The minimum Gasteiger partial charge on any atom is -0.497 e. The largest absolute Gasteiger partial charge is 0.497 e. The molecular formula is C15H20N4O4. The molecule has 0 fully saturated rings. The zero-order chi connectivity index (χ0) is 16.8. The van der Waals surface area contributed by atoms with Gasteiger partial charge in [0.15, 0.2) is 0 Å². The molecule has 0 aliphatic rings. The van der Waals surface area contributed by atoms with E-state index in [1.54, 1.807) is 7.11 Å². The molecule has 1 aromatic carbocycles. The lowest BCUT2D eigenvalue weighted by atomic mass is 10.1. The molecule has 0 atom stereocenters. The first-order valence-electron chi connectivity index (χ1n) is 7.05. The SMILES string of the molecule is COC(=O)NNC(=O)NCCc1cn(C)c2cc(OC)ccc12. The number of fused-ring (bicyclic) bond motifs is 1. The van der Waals surface area contributed by atoms with Gasteiger partial charge in [0, 0.05) is 31.2 Å². The molecule has 0 unspecified atom stereocenters. The molecule has 0 saturated carbocycles. The molecule has 8 heteroatoms. The fraction of sp³-hybridized carbons (Fsp3) is 0.333. The van der Waals surface area contributed by atoms with E-state index in [1.165, 1.54) is 7.11 Å². The number of ether oxygens (including phenoxy) is 2. The highest BCUT2D eigenvalue weighted by Crippen LogP contribution is 2.25. The molecule has 0 saturated heterocycles. The molecule has 0 radical (unpaired) electrons. The van der Waals surface area contributed by atoms with E-state index in [9.17, 15) is 9.59 Å². The Bertz CT molecular complexity index is 711. The van der Waals surface area contributed by atoms with Crippen LogP contribution in [-0.4, -0.2) is 37.5 Å². The number of amides is 3. The predicted octanol–water partition coefficient (Wildman–Crippen LogP) is 1.30. The van der Waals surface area contributed by atoms with Gasteiger partial charge in [-0.15, -0.1) is 0 Å². The summed E-state index contributed by atoms with van der Waals surface area (Å²) in [6, 6.07) is 5.38. The van der Waals surface area contributed by atoms with Gasteiger partial charge in [-0.1, -0.05) is 0 Å². The molecule has 3 N–H and O–H groups in total. The van der Waals surface area contributed by atoms with Gasteiger partial charge >= 0.3 is 12.1 Å². The number of aromatic nitrogens is 1. The van der Waals surface area contributed by atoms with Gasteiger partial charge in [0.1, 0.15) is 5.75 Å². The average Bonchev–Trinajstić information content (AvgIpc) is 2.88. The van der Waals surface area contributed by atoms with Crippen LogP contribution in [0, 0.1) is 0 Å². The maximum Gasteiger partial charge on any atom is 0.425 e. The highest BCUT2D eigenvalue weighted by atomic mass is 16.5. The zero-order valence-electron chi connectivity index (χ0n) is 13.3. The van der Waals surface area contributed by atoms with Crippen molar-refractivity contribution in [1.82, 2.24) is 20.7 Å². The van der Waals surface area contributed by atoms with E-state index in [-0.39, 0.29) is 0 Å². The quantitative estimate of drug-likeness (QED) is 0.740. The van der Waals surface area contributed by atoms with Gasteiger partial charge in [-0.2, -0.15) is 0 Å². The van der Waals surface area contributed by atoms with Crippen molar-refractivity contribution in [2.75, 3.05) is 20.8 Å². The standard InChI is InChI=1S/C15H20N4O4/c1-19-9-10(12-5-4-11(22-2)8-13(12)19)6-7-16-14(20)17-18-15(21)23-3/h4-5,8-9H,6-7H2,1-3H3,(H,18,21)(H2,16,17,20). The third kappa shape index (κ3) is 4.06. The van der Waals surface area contributed by atoms with E-state index in [1.807, 2.05) is 36.0 Å². The third-order valence-corrected chi connectivity index (χ3v) is 3.42. The van der Waals surface area contributed by atoms with Crippen LogP contribution < -0.4 is 20.9 Å². The van der Waals surface area contributed by atoms with E-state index in [0.717, 1.165) is 22.2 Å². The van der Waals surface area contributed by atoms with Crippen molar-refractivity contribution >= 4 is 23.0 Å². The fourth-order valence-corrected chi connectivity index (χ4v) is 2.29. The summed E-state index contributed by atoms with van der Waals surface area (Å²) in [7, 11) is 4.81. The van der Waals surface area contributed by atoms with E-state index >= 15 is 0 Å². The van der Waals surface area contributed by atoms with Gasteiger partial charge in [0.25, 0.3) is 0 Å². The Kier molecular flexibility index (Phi) is 5.29. The normalized spacial score (nSPS) is 10.2. The molecule has 23 heavy (non-hydrogen) atoms. The second kappa shape index (κ2) is 7.39.